The van der Waals surface area contributed by atoms with Crippen molar-refractivity contribution in [3.8, 4) is 5.75 Å². The van der Waals surface area contributed by atoms with E-state index in [0.717, 1.165) is 4.88 Å². The first-order valence-electron chi connectivity index (χ1n) is 8.90. The Balaban J connectivity index is 1.58. The Bertz CT molecular complexity index is 856. The smallest absolute Gasteiger partial charge is 0.243 e. The first-order chi connectivity index (χ1) is 12.9. The summed E-state index contributed by atoms with van der Waals surface area (Å²) in [5, 5.41) is 5.03. The van der Waals surface area contributed by atoms with Crippen LogP contribution in [0.25, 0.3) is 0 Å². The summed E-state index contributed by atoms with van der Waals surface area (Å²) in [5.74, 6) is 0.455. The summed E-state index contributed by atoms with van der Waals surface area (Å²) in [4.78, 5) is 13.9. The zero-order valence-electron chi connectivity index (χ0n) is 15.4. The van der Waals surface area contributed by atoms with Crippen LogP contribution in [0.4, 0.5) is 0 Å². The number of nitrogens with one attached hydrogen (secondary N) is 1. The molecule has 1 aromatic heterocycles. The number of rotatable bonds is 6. The van der Waals surface area contributed by atoms with E-state index in [1.807, 2.05) is 24.4 Å². The number of carbonyl (C=O) groups excluding carboxylic acids is 1. The van der Waals surface area contributed by atoms with Crippen LogP contribution in [0.5, 0.6) is 5.75 Å². The van der Waals surface area contributed by atoms with Crippen LogP contribution in [0.1, 0.15) is 30.7 Å². The van der Waals surface area contributed by atoms with Crippen molar-refractivity contribution in [2.75, 3.05) is 20.2 Å². The van der Waals surface area contributed by atoms with E-state index in [0.29, 0.717) is 31.7 Å². The monoisotopic (exact) mass is 408 g/mol. The summed E-state index contributed by atoms with van der Waals surface area (Å²) >= 11 is 1.61. The van der Waals surface area contributed by atoms with Crippen molar-refractivity contribution in [1.29, 1.82) is 0 Å². The summed E-state index contributed by atoms with van der Waals surface area (Å²) in [6.45, 7) is 2.66. The molecule has 0 spiro atoms. The van der Waals surface area contributed by atoms with Crippen molar-refractivity contribution in [2.24, 2.45) is 5.92 Å². The number of nitrogens with zero attached hydrogens (tertiary/aromatic N) is 1. The van der Waals surface area contributed by atoms with Gasteiger partial charge in [-0.3, -0.25) is 4.79 Å². The van der Waals surface area contributed by atoms with Gasteiger partial charge in [-0.1, -0.05) is 6.07 Å². The van der Waals surface area contributed by atoms with E-state index in [2.05, 4.69) is 5.32 Å². The van der Waals surface area contributed by atoms with Gasteiger partial charge in [0.1, 0.15) is 5.75 Å². The highest BCUT2D eigenvalue weighted by molar-refractivity contribution is 7.89. The lowest BCUT2D eigenvalue weighted by Crippen LogP contribution is -2.43. The number of carbonyl (C=O) groups is 1. The number of thiophene rings is 1. The molecule has 1 amide bonds. The molecular weight excluding hydrogens is 384 g/mol. The van der Waals surface area contributed by atoms with Crippen molar-refractivity contribution in [2.45, 2.75) is 30.7 Å². The van der Waals surface area contributed by atoms with E-state index < -0.39 is 10.0 Å². The number of benzene rings is 1. The summed E-state index contributed by atoms with van der Waals surface area (Å²) < 4.78 is 32.1. The second-order valence-electron chi connectivity index (χ2n) is 6.60. The lowest BCUT2D eigenvalue weighted by Gasteiger charge is -2.31. The van der Waals surface area contributed by atoms with Crippen molar-refractivity contribution in [1.82, 2.24) is 9.62 Å². The molecule has 27 heavy (non-hydrogen) atoms. The van der Waals surface area contributed by atoms with Crippen LogP contribution in [0.3, 0.4) is 0 Å². The molecule has 1 unspecified atom stereocenters. The van der Waals surface area contributed by atoms with E-state index in [9.17, 15) is 13.2 Å². The fourth-order valence-electron chi connectivity index (χ4n) is 3.20. The number of methoxy groups -OCH3 is 1. The molecule has 1 aliphatic heterocycles. The highest BCUT2D eigenvalue weighted by Crippen LogP contribution is 2.26. The zero-order chi connectivity index (χ0) is 19.4. The molecule has 1 saturated heterocycles. The second kappa shape index (κ2) is 8.41. The normalized spacial score (nSPS) is 17.4. The van der Waals surface area contributed by atoms with Crippen molar-refractivity contribution in [3.05, 3.63) is 46.7 Å². The Kier molecular flexibility index (Phi) is 6.18. The van der Waals surface area contributed by atoms with Crippen LogP contribution in [-0.4, -0.2) is 38.8 Å². The quantitative estimate of drug-likeness (QED) is 0.797. The second-order valence-corrected chi connectivity index (χ2v) is 9.52. The summed E-state index contributed by atoms with van der Waals surface area (Å²) in [5.41, 5.74) is 0. The van der Waals surface area contributed by atoms with Crippen molar-refractivity contribution < 1.29 is 17.9 Å². The minimum atomic E-state index is -3.55. The van der Waals surface area contributed by atoms with Gasteiger partial charge in [0.05, 0.1) is 18.0 Å². The maximum atomic E-state index is 12.8. The SMILES string of the molecule is COc1ccc(S(=O)(=O)N2CCC(C(=O)NC(C)c3cccs3)CC2)cc1. The van der Waals surface area contributed by atoms with Crippen LogP contribution < -0.4 is 10.1 Å². The van der Waals surface area contributed by atoms with Gasteiger partial charge >= 0.3 is 0 Å². The number of ether oxygens (including phenoxy) is 1. The van der Waals surface area contributed by atoms with E-state index in [4.69, 9.17) is 4.74 Å². The number of sulfonamides is 1. The molecule has 0 aliphatic carbocycles. The Morgan fingerprint density at radius 2 is 1.89 bits per heavy atom. The minimum Gasteiger partial charge on any atom is -0.497 e. The molecule has 146 valence electrons. The molecule has 3 rings (SSSR count). The third-order valence-electron chi connectivity index (χ3n) is 4.85. The Labute approximate surface area is 164 Å². The standard InChI is InChI=1S/C19H24N2O4S2/c1-14(18-4-3-13-26-18)20-19(22)15-9-11-21(12-10-15)27(23,24)17-7-5-16(25-2)6-8-17/h3-8,13-15H,9-12H2,1-2H3,(H,20,22). The first-order valence-corrected chi connectivity index (χ1v) is 11.2. The van der Waals surface area contributed by atoms with Crippen molar-refractivity contribution >= 4 is 27.3 Å². The molecule has 1 aromatic carbocycles. The molecule has 8 heteroatoms. The summed E-state index contributed by atoms with van der Waals surface area (Å²) in [6, 6.07) is 10.3. The molecule has 2 heterocycles. The van der Waals surface area contributed by atoms with Gasteiger partial charge in [-0.15, -0.1) is 11.3 Å². The molecule has 2 aromatic rings. The molecule has 1 N–H and O–H groups in total. The summed E-state index contributed by atoms with van der Waals surface area (Å²) in [7, 11) is -2.01. The largest absolute Gasteiger partial charge is 0.497 e. The Morgan fingerprint density at radius 3 is 2.44 bits per heavy atom. The average Bonchev–Trinajstić information content (AvgIpc) is 3.23. The first kappa shape index (κ1) is 19.9. The fraction of sp³-hybridized carbons (Fsp3) is 0.421. The molecule has 1 aliphatic rings. The predicted molar refractivity (Wildman–Crippen MR) is 105 cm³/mol. The van der Waals surface area contributed by atoms with Gasteiger partial charge in [0.2, 0.25) is 15.9 Å². The van der Waals surface area contributed by atoms with Crippen LogP contribution in [0.15, 0.2) is 46.7 Å². The minimum absolute atomic E-state index is 0.00241. The topological polar surface area (TPSA) is 75.7 Å². The summed E-state index contributed by atoms with van der Waals surface area (Å²) in [6.07, 6.45) is 1.05. The van der Waals surface area contributed by atoms with Gasteiger partial charge in [-0.05, 0) is 55.5 Å². The van der Waals surface area contributed by atoms with Crippen LogP contribution in [0, 0.1) is 5.92 Å². The van der Waals surface area contributed by atoms with Gasteiger partial charge in [-0.25, -0.2) is 8.42 Å². The number of hydrogen-bond donors (Lipinski definition) is 1. The van der Waals surface area contributed by atoms with Gasteiger partial charge in [0, 0.05) is 23.9 Å². The predicted octanol–water partition coefficient (Wildman–Crippen LogP) is 3.03. The van der Waals surface area contributed by atoms with Gasteiger partial charge < -0.3 is 10.1 Å². The maximum absolute atomic E-state index is 12.8. The van der Waals surface area contributed by atoms with Gasteiger partial charge in [0.15, 0.2) is 0 Å². The van der Waals surface area contributed by atoms with E-state index in [1.165, 1.54) is 4.31 Å². The van der Waals surface area contributed by atoms with E-state index in [1.54, 1.807) is 42.7 Å². The Hall–Kier alpha value is -1.90. The molecule has 0 bridgehead atoms. The van der Waals surface area contributed by atoms with E-state index >= 15 is 0 Å². The third kappa shape index (κ3) is 4.51. The molecule has 6 nitrogen and oxygen atoms in total. The third-order valence-corrected chi connectivity index (χ3v) is 7.82. The molecular formula is C19H24N2O4S2. The maximum Gasteiger partial charge on any atom is 0.243 e. The molecule has 0 radical (unpaired) electrons. The Morgan fingerprint density at radius 1 is 1.22 bits per heavy atom. The number of piperidine rings is 1. The van der Waals surface area contributed by atoms with Gasteiger partial charge in [-0.2, -0.15) is 4.31 Å². The van der Waals surface area contributed by atoms with Crippen LogP contribution in [0.2, 0.25) is 0 Å². The fourth-order valence-corrected chi connectivity index (χ4v) is 5.40. The molecule has 1 atom stereocenters. The lowest BCUT2D eigenvalue weighted by molar-refractivity contribution is -0.126. The van der Waals surface area contributed by atoms with Crippen LogP contribution >= 0.6 is 11.3 Å². The zero-order valence-corrected chi connectivity index (χ0v) is 17.1. The number of hydrogen-bond acceptors (Lipinski definition) is 5. The molecule has 0 saturated carbocycles. The lowest BCUT2D eigenvalue weighted by atomic mass is 9.97. The van der Waals surface area contributed by atoms with Crippen LogP contribution in [-0.2, 0) is 14.8 Å². The highest BCUT2D eigenvalue weighted by Gasteiger charge is 2.32. The van der Waals surface area contributed by atoms with E-state index in [-0.39, 0.29) is 22.8 Å². The molecule has 1 fully saturated rings. The average molecular weight is 409 g/mol. The number of amides is 1. The van der Waals surface area contributed by atoms with Gasteiger partial charge in [0.25, 0.3) is 0 Å². The van der Waals surface area contributed by atoms with Crippen molar-refractivity contribution in [3.63, 3.8) is 0 Å². The highest BCUT2D eigenvalue weighted by atomic mass is 32.2.